The molecule has 14 nitrogen and oxygen atoms in total. The first-order chi connectivity index (χ1) is 22.2. The Hall–Kier alpha value is -3.20. The number of aliphatic carboxylic acids is 1. The number of carboxylic acid groups (broad SMARTS) is 1. The molecule has 3 fully saturated rings. The topological polar surface area (TPSA) is 216 Å². The number of hydrogen-bond donors (Lipinski definition) is 4. The van der Waals surface area contributed by atoms with E-state index in [1.807, 2.05) is 0 Å². The summed E-state index contributed by atoms with van der Waals surface area (Å²) in [5.74, 6) is -1.24. The molecule has 0 aromatic rings. The van der Waals surface area contributed by atoms with Crippen LogP contribution in [0, 0.1) is 17.8 Å². The van der Waals surface area contributed by atoms with Crippen molar-refractivity contribution < 1.29 is 83.1 Å². The molecule has 0 aromatic carbocycles. The van der Waals surface area contributed by atoms with Crippen LogP contribution in [-0.4, -0.2) is 79.8 Å². The second-order valence-electron chi connectivity index (χ2n) is 15.6. The Morgan fingerprint density at radius 1 is 0.654 bits per heavy atom. The molecule has 0 bridgehead atoms. The SMILES string of the molecule is C.C=CC1CC1(NC(=O)OC(C)(C)C)C(C)=O.C=CC1C[C@@]1(NC(=O)OC(C)(C)C)C(=O)O.C=C[C@H]1C[C@]1(NC(=O)OC(C)(C)C)C(=O)CC.[Na+].[OH-]. The number of carboxylic acids is 1. The number of ketones is 2. The van der Waals surface area contributed by atoms with E-state index in [9.17, 15) is 28.8 Å². The van der Waals surface area contributed by atoms with Gasteiger partial charge in [0.05, 0.1) is 0 Å². The quantitative estimate of drug-likeness (QED) is 0.144. The molecule has 0 spiro atoms. The largest absolute Gasteiger partial charge is 1.00 e. The third-order valence-electron chi connectivity index (χ3n) is 7.90. The molecule has 3 aliphatic carbocycles. The van der Waals surface area contributed by atoms with Gasteiger partial charge in [0.2, 0.25) is 0 Å². The number of rotatable bonds is 10. The molecular formula is C37H62N3NaO11. The molecule has 52 heavy (non-hydrogen) atoms. The maximum atomic E-state index is 11.8. The number of amides is 3. The van der Waals surface area contributed by atoms with Crippen molar-refractivity contribution in [3.8, 4) is 0 Å². The van der Waals surface area contributed by atoms with E-state index in [2.05, 4.69) is 35.7 Å². The van der Waals surface area contributed by atoms with Crippen molar-refractivity contribution in [2.24, 2.45) is 17.8 Å². The van der Waals surface area contributed by atoms with E-state index in [0.717, 1.165) is 0 Å². The van der Waals surface area contributed by atoms with Crippen LogP contribution in [0.3, 0.4) is 0 Å². The first-order valence-electron chi connectivity index (χ1n) is 16.4. The van der Waals surface area contributed by atoms with Crippen LogP contribution in [0.5, 0.6) is 0 Å². The smallest absolute Gasteiger partial charge is 0.870 e. The fourth-order valence-electron chi connectivity index (χ4n) is 5.10. The van der Waals surface area contributed by atoms with Gasteiger partial charge in [-0.25, -0.2) is 19.2 Å². The van der Waals surface area contributed by atoms with Gasteiger partial charge in [0.25, 0.3) is 0 Å². The summed E-state index contributed by atoms with van der Waals surface area (Å²) in [4.78, 5) is 69.1. The van der Waals surface area contributed by atoms with Crippen LogP contribution < -0.4 is 45.5 Å². The van der Waals surface area contributed by atoms with E-state index in [0.29, 0.717) is 25.7 Å². The fraction of sp³-hybridized carbons (Fsp3) is 0.676. The Bertz CT molecular complexity index is 1270. The van der Waals surface area contributed by atoms with Gasteiger partial charge in [-0.1, -0.05) is 32.6 Å². The molecule has 3 saturated carbocycles. The molecular weight excluding hydrogens is 685 g/mol. The molecule has 5 N–H and O–H groups in total. The molecule has 3 amide bonds. The van der Waals surface area contributed by atoms with Gasteiger partial charge in [-0.2, -0.15) is 0 Å². The molecule has 6 atom stereocenters. The summed E-state index contributed by atoms with van der Waals surface area (Å²) < 4.78 is 15.3. The molecule has 3 rings (SSSR count). The number of carbonyl (C=O) groups excluding carboxylic acids is 5. The van der Waals surface area contributed by atoms with Crippen molar-refractivity contribution in [2.45, 2.75) is 143 Å². The molecule has 0 heterocycles. The number of ether oxygens (including phenoxy) is 3. The Morgan fingerprint density at radius 2 is 0.923 bits per heavy atom. The van der Waals surface area contributed by atoms with Gasteiger partial charge >= 0.3 is 53.8 Å². The van der Waals surface area contributed by atoms with E-state index >= 15 is 0 Å². The summed E-state index contributed by atoms with van der Waals surface area (Å²) in [5, 5.41) is 16.8. The Balaban J connectivity index is -0.000000674. The van der Waals surface area contributed by atoms with Crippen molar-refractivity contribution >= 4 is 35.8 Å². The van der Waals surface area contributed by atoms with Crippen LogP contribution in [0.2, 0.25) is 0 Å². The molecule has 0 radical (unpaired) electrons. The molecule has 0 saturated heterocycles. The molecule has 0 aromatic heterocycles. The molecule has 15 heteroatoms. The van der Waals surface area contributed by atoms with Crippen LogP contribution in [0.4, 0.5) is 14.4 Å². The summed E-state index contributed by atoms with van der Waals surface area (Å²) in [6, 6.07) is 0. The first kappa shape index (κ1) is 53.2. The zero-order valence-corrected chi connectivity index (χ0v) is 34.5. The Labute approximate surface area is 331 Å². The second-order valence-corrected chi connectivity index (χ2v) is 15.6. The number of hydrogen-bond acceptors (Lipinski definition) is 10. The van der Waals surface area contributed by atoms with Gasteiger partial charge in [-0.05, 0) is 88.5 Å². The van der Waals surface area contributed by atoms with Crippen LogP contribution >= 0.6 is 0 Å². The Kier molecular flexibility index (Phi) is 20.2. The minimum atomic E-state index is -1.22. The van der Waals surface area contributed by atoms with Crippen LogP contribution in [0.15, 0.2) is 38.0 Å². The van der Waals surface area contributed by atoms with Crippen LogP contribution in [0.25, 0.3) is 0 Å². The van der Waals surface area contributed by atoms with Crippen molar-refractivity contribution in [2.75, 3.05) is 0 Å². The number of carbonyl (C=O) groups is 6. The van der Waals surface area contributed by atoms with Crippen LogP contribution in [0.1, 0.15) is 109 Å². The van der Waals surface area contributed by atoms with Gasteiger partial charge in [-0.15, -0.1) is 19.7 Å². The maximum absolute atomic E-state index is 11.8. The minimum Gasteiger partial charge on any atom is -0.870 e. The van der Waals surface area contributed by atoms with Gasteiger partial charge < -0.3 is 40.7 Å². The summed E-state index contributed by atoms with van der Waals surface area (Å²) >= 11 is 0. The van der Waals surface area contributed by atoms with Crippen molar-refractivity contribution in [3.63, 3.8) is 0 Å². The zero-order valence-electron chi connectivity index (χ0n) is 32.5. The second kappa shape index (κ2) is 19.8. The third-order valence-corrected chi connectivity index (χ3v) is 7.90. The van der Waals surface area contributed by atoms with Crippen molar-refractivity contribution in [3.05, 3.63) is 38.0 Å². The normalized spacial score (nSPS) is 26.2. The summed E-state index contributed by atoms with van der Waals surface area (Å²) in [5.41, 5.74) is -4.50. The predicted molar refractivity (Wildman–Crippen MR) is 193 cm³/mol. The molecule has 3 unspecified atom stereocenters. The minimum absolute atomic E-state index is 0. The standard InChI is InChI=1S/C13H21NO3.C12H19NO3.C11H17NO4.CH4.Na.H2O/c1-6-9-8-13(9,10(15)7-2)14-11(16)17-12(3,4)5;1-6-9-7-12(9,8(2)14)13-10(15)16-11(3,4)5;1-5-7-6-11(7,8(13)14)12-9(15)16-10(2,3)4;;;/h6,9H,1,7-8H2,2-5H3,(H,14,16);6,9H,1,7H2,2-5H3,(H,13,15);5,7H,1,6H2,2-4H3,(H,12,15)(H,13,14);1H4;;1H2/q;;;;+1;/p-1/t9-,13+;;7?,11-;;;/m0.0.../s1. The maximum Gasteiger partial charge on any atom is 1.00 e. The van der Waals surface area contributed by atoms with Gasteiger partial charge in [0.1, 0.15) is 33.4 Å². The average molecular weight is 748 g/mol. The van der Waals surface area contributed by atoms with E-state index in [1.165, 1.54) is 13.0 Å². The summed E-state index contributed by atoms with van der Waals surface area (Å²) in [6.45, 7) is 30.0. The monoisotopic (exact) mass is 747 g/mol. The van der Waals surface area contributed by atoms with E-state index in [4.69, 9.17) is 19.3 Å². The third kappa shape index (κ3) is 15.4. The van der Waals surface area contributed by atoms with Gasteiger partial charge in [-0.3, -0.25) is 9.59 Å². The van der Waals surface area contributed by atoms with Gasteiger partial charge in [0.15, 0.2) is 11.6 Å². The van der Waals surface area contributed by atoms with Crippen LogP contribution in [-0.2, 0) is 28.6 Å². The molecule has 0 aliphatic heterocycles. The summed E-state index contributed by atoms with van der Waals surface area (Å²) in [6.07, 6.45) is 5.16. The number of alkyl carbamates (subject to hydrolysis) is 3. The van der Waals surface area contributed by atoms with E-state index in [1.54, 1.807) is 81.4 Å². The average Bonchev–Trinajstić information content (AvgIpc) is 3.84. The molecule has 292 valence electrons. The van der Waals surface area contributed by atoms with Crippen molar-refractivity contribution in [1.29, 1.82) is 0 Å². The predicted octanol–water partition coefficient (Wildman–Crippen LogP) is 3.48. The fourth-order valence-corrected chi connectivity index (χ4v) is 5.10. The van der Waals surface area contributed by atoms with Gasteiger partial charge in [0, 0.05) is 24.2 Å². The van der Waals surface area contributed by atoms with E-state index in [-0.39, 0.29) is 71.8 Å². The number of nitrogens with one attached hydrogen (secondary N) is 3. The Morgan fingerprint density at radius 3 is 1.15 bits per heavy atom. The summed E-state index contributed by atoms with van der Waals surface area (Å²) in [7, 11) is 0. The van der Waals surface area contributed by atoms with Crippen molar-refractivity contribution in [1.82, 2.24) is 16.0 Å². The first-order valence-corrected chi connectivity index (χ1v) is 16.4. The van der Waals surface area contributed by atoms with E-state index < -0.39 is 57.7 Å². The zero-order chi connectivity index (χ0) is 38.4. The molecule has 3 aliphatic rings. The number of Topliss-reactive ketones (excluding diaryl/α,β-unsaturated/α-hetero) is 2.